The van der Waals surface area contributed by atoms with Gasteiger partial charge in [-0.15, -0.1) is 0 Å². The van der Waals surface area contributed by atoms with Crippen LogP contribution in [0.5, 0.6) is 0 Å². The average Bonchev–Trinajstić information content (AvgIpc) is 2.46. The Morgan fingerprint density at radius 1 is 1.24 bits per heavy atom. The van der Waals surface area contributed by atoms with E-state index in [4.69, 9.17) is 9.47 Å². The van der Waals surface area contributed by atoms with Crippen molar-refractivity contribution >= 4 is 18.3 Å². The first-order valence-corrected chi connectivity index (χ1v) is 6.36. The summed E-state index contributed by atoms with van der Waals surface area (Å²) in [6.07, 6.45) is 0.0719. The number of rotatable bonds is 5. The molecule has 0 saturated heterocycles. The second-order valence-electron chi connectivity index (χ2n) is 4.02. The molecular weight excluding hydrogens is 274 g/mol. The maximum atomic E-state index is 11.5. The van der Waals surface area contributed by atoms with E-state index in [2.05, 4.69) is 4.99 Å². The highest BCUT2D eigenvalue weighted by molar-refractivity contribution is 6.11. The molecule has 0 aliphatic carbocycles. The Morgan fingerprint density at radius 2 is 1.90 bits per heavy atom. The summed E-state index contributed by atoms with van der Waals surface area (Å²) >= 11 is 0. The van der Waals surface area contributed by atoms with Crippen LogP contribution in [0.3, 0.4) is 0 Å². The van der Waals surface area contributed by atoms with E-state index in [1.54, 1.807) is 19.1 Å². The van der Waals surface area contributed by atoms with E-state index < -0.39 is 12.1 Å². The number of carbonyl (C=O) groups is 2. The second-order valence-corrected chi connectivity index (χ2v) is 4.02. The quantitative estimate of drug-likeness (QED) is 0.390. The van der Waals surface area contributed by atoms with Crippen molar-refractivity contribution in [2.24, 2.45) is 4.99 Å². The number of aliphatic imine (C=N–C) groups is 1. The predicted molar refractivity (Wildman–Crippen MR) is 77.1 cm³/mol. The van der Waals surface area contributed by atoms with Gasteiger partial charge in [-0.3, -0.25) is 0 Å². The number of hydrogen-bond acceptors (Lipinski definition) is 5. The van der Waals surface area contributed by atoms with Crippen LogP contribution in [0, 0.1) is 0 Å². The Labute approximate surface area is 122 Å². The number of hydrogen-bond donors (Lipinski definition) is 1. The van der Waals surface area contributed by atoms with Crippen LogP contribution in [-0.4, -0.2) is 30.0 Å². The first kappa shape index (κ1) is 16.4. The predicted octanol–water partition coefficient (Wildman–Crippen LogP) is 2.79. The van der Waals surface area contributed by atoms with Gasteiger partial charge in [-0.25, -0.2) is 9.59 Å². The fourth-order valence-corrected chi connectivity index (χ4v) is 1.38. The van der Waals surface area contributed by atoms with Gasteiger partial charge >= 0.3 is 12.1 Å². The molecule has 0 aromatic heterocycles. The number of aliphatic hydroxyl groups excluding tert-OH is 1. The third-order valence-corrected chi connectivity index (χ3v) is 2.39. The highest BCUT2D eigenvalue weighted by Crippen LogP contribution is 2.04. The van der Waals surface area contributed by atoms with Gasteiger partial charge in [0.05, 0.1) is 12.8 Å². The van der Waals surface area contributed by atoms with Gasteiger partial charge in [-0.2, -0.15) is 4.99 Å². The lowest BCUT2D eigenvalue weighted by atomic mass is 10.2. The summed E-state index contributed by atoms with van der Waals surface area (Å²) in [6.45, 7) is 3.16. The Morgan fingerprint density at radius 3 is 2.48 bits per heavy atom. The molecule has 0 aliphatic rings. The molecule has 6 heteroatoms. The van der Waals surface area contributed by atoms with E-state index in [-0.39, 0.29) is 24.5 Å². The Hall–Kier alpha value is -2.63. The van der Waals surface area contributed by atoms with Crippen LogP contribution in [-0.2, 0) is 20.9 Å². The minimum absolute atomic E-state index is 0.0770. The first-order chi connectivity index (χ1) is 10.0. The molecule has 0 saturated carbocycles. The summed E-state index contributed by atoms with van der Waals surface area (Å²) in [6, 6.07) is 9.11. The van der Waals surface area contributed by atoms with Gasteiger partial charge in [-0.1, -0.05) is 30.3 Å². The van der Waals surface area contributed by atoms with Crippen LogP contribution in [0.1, 0.15) is 19.4 Å². The summed E-state index contributed by atoms with van der Waals surface area (Å²) in [5.74, 6) is -1.04. The standard InChI is InChI=1S/C15H17NO5/c1-3-20-14(18)13(11(2)17)9-16-15(19)21-10-12-7-5-4-6-8-12/h4-9,17H,3,10H2,1-2H3/b13-11+,16-9+. The number of esters is 1. The number of amides is 1. The number of allylic oxidation sites excluding steroid dienone is 1. The zero-order valence-electron chi connectivity index (χ0n) is 11.9. The van der Waals surface area contributed by atoms with E-state index in [9.17, 15) is 14.7 Å². The topological polar surface area (TPSA) is 85.2 Å². The summed E-state index contributed by atoms with van der Waals surface area (Å²) in [7, 11) is 0. The molecule has 0 radical (unpaired) electrons. The Bertz CT molecular complexity index is 544. The summed E-state index contributed by atoms with van der Waals surface area (Å²) in [5.41, 5.74) is 0.633. The Balaban J connectivity index is 2.59. The normalized spacial score (nSPS) is 11.9. The number of carbonyl (C=O) groups excluding carboxylic acids is 2. The number of benzene rings is 1. The van der Waals surface area contributed by atoms with Crippen LogP contribution >= 0.6 is 0 Å². The number of aliphatic hydroxyl groups is 1. The van der Waals surface area contributed by atoms with Crippen molar-refractivity contribution in [1.29, 1.82) is 0 Å². The summed E-state index contributed by atoms with van der Waals surface area (Å²) < 4.78 is 9.63. The van der Waals surface area contributed by atoms with Crippen molar-refractivity contribution in [1.82, 2.24) is 0 Å². The molecule has 0 aliphatic heterocycles. The second kappa shape index (κ2) is 8.52. The molecule has 1 amide bonds. The molecule has 6 nitrogen and oxygen atoms in total. The van der Waals surface area contributed by atoms with Crippen LogP contribution in [0.2, 0.25) is 0 Å². The average molecular weight is 291 g/mol. The maximum absolute atomic E-state index is 11.5. The number of ether oxygens (including phenoxy) is 2. The minimum Gasteiger partial charge on any atom is -0.512 e. The van der Waals surface area contributed by atoms with Crippen molar-refractivity contribution in [3.05, 3.63) is 47.2 Å². The monoisotopic (exact) mass is 291 g/mol. The third kappa shape index (κ3) is 5.90. The molecule has 0 heterocycles. The minimum atomic E-state index is -0.859. The smallest absolute Gasteiger partial charge is 0.433 e. The van der Waals surface area contributed by atoms with E-state index in [0.717, 1.165) is 11.8 Å². The maximum Gasteiger partial charge on any atom is 0.433 e. The highest BCUT2D eigenvalue weighted by atomic mass is 16.5. The molecule has 1 aromatic carbocycles. The van der Waals surface area contributed by atoms with Gasteiger partial charge in [0.25, 0.3) is 0 Å². The van der Waals surface area contributed by atoms with Crippen molar-refractivity contribution in [2.75, 3.05) is 6.61 Å². The van der Waals surface area contributed by atoms with Crippen molar-refractivity contribution < 1.29 is 24.2 Å². The molecule has 0 bridgehead atoms. The van der Waals surface area contributed by atoms with Crippen molar-refractivity contribution in [3.63, 3.8) is 0 Å². The molecule has 1 rings (SSSR count). The molecule has 1 N–H and O–H groups in total. The van der Waals surface area contributed by atoms with Gasteiger partial charge in [-0.05, 0) is 19.4 Å². The molecule has 0 unspecified atom stereocenters. The van der Waals surface area contributed by atoms with Gasteiger partial charge < -0.3 is 14.6 Å². The van der Waals surface area contributed by atoms with Crippen molar-refractivity contribution in [2.45, 2.75) is 20.5 Å². The third-order valence-electron chi connectivity index (χ3n) is 2.39. The molecule has 1 aromatic rings. The zero-order valence-corrected chi connectivity index (χ0v) is 11.9. The lowest BCUT2D eigenvalue weighted by Gasteiger charge is -2.03. The first-order valence-electron chi connectivity index (χ1n) is 6.36. The zero-order chi connectivity index (χ0) is 15.7. The van der Waals surface area contributed by atoms with E-state index in [0.29, 0.717) is 0 Å². The van der Waals surface area contributed by atoms with Crippen molar-refractivity contribution in [3.8, 4) is 0 Å². The molecule has 0 atom stereocenters. The fourth-order valence-electron chi connectivity index (χ4n) is 1.38. The molecule has 112 valence electrons. The lowest BCUT2D eigenvalue weighted by Crippen LogP contribution is -2.11. The van der Waals surface area contributed by atoms with E-state index in [1.165, 1.54) is 6.92 Å². The van der Waals surface area contributed by atoms with E-state index >= 15 is 0 Å². The van der Waals surface area contributed by atoms with Gasteiger partial charge in [0.1, 0.15) is 17.9 Å². The molecule has 0 fully saturated rings. The highest BCUT2D eigenvalue weighted by Gasteiger charge is 2.12. The number of nitrogens with zero attached hydrogens (tertiary/aromatic N) is 1. The van der Waals surface area contributed by atoms with E-state index in [1.807, 2.05) is 18.2 Å². The summed E-state index contributed by atoms with van der Waals surface area (Å²) in [4.78, 5) is 26.4. The fraction of sp³-hybridized carbons (Fsp3) is 0.267. The summed E-state index contributed by atoms with van der Waals surface area (Å²) in [5, 5.41) is 9.37. The Kier molecular flexibility index (Phi) is 6.67. The molecular formula is C15H17NO5. The van der Waals surface area contributed by atoms with Gasteiger partial charge in [0, 0.05) is 0 Å². The van der Waals surface area contributed by atoms with Crippen LogP contribution in [0.4, 0.5) is 4.79 Å². The SMILES string of the molecule is CCOC(=O)C(/C=N/C(=O)OCc1ccccc1)=C(\C)O. The van der Waals surface area contributed by atoms with Gasteiger partial charge in [0.15, 0.2) is 0 Å². The molecule has 0 spiro atoms. The van der Waals surface area contributed by atoms with Crippen LogP contribution in [0.25, 0.3) is 0 Å². The van der Waals surface area contributed by atoms with Crippen LogP contribution < -0.4 is 0 Å². The lowest BCUT2D eigenvalue weighted by molar-refractivity contribution is -0.138. The van der Waals surface area contributed by atoms with Crippen LogP contribution in [0.15, 0.2) is 46.7 Å². The molecule has 21 heavy (non-hydrogen) atoms. The van der Waals surface area contributed by atoms with Gasteiger partial charge in [0.2, 0.25) is 0 Å². The largest absolute Gasteiger partial charge is 0.512 e.